The Labute approximate surface area is 84.5 Å². The highest BCUT2D eigenvalue weighted by atomic mass is 33.1. The third-order valence-electron chi connectivity index (χ3n) is 1.95. The van der Waals surface area contributed by atoms with E-state index in [-0.39, 0.29) is 0 Å². The van der Waals surface area contributed by atoms with E-state index in [1.807, 2.05) is 0 Å². The monoisotopic (exact) mass is 228 g/mol. The molecule has 1 heterocycles. The van der Waals surface area contributed by atoms with Gasteiger partial charge in [-0.25, -0.2) is 0 Å². The smallest absolute Gasteiger partial charge is 0.141 e. The van der Waals surface area contributed by atoms with Gasteiger partial charge in [0.05, 0.1) is 6.61 Å². The van der Waals surface area contributed by atoms with Crippen LogP contribution in [0.4, 0.5) is 0 Å². The lowest BCUT2D eigenvalue weighted by Crippen LogP contribution is -2.57. The summed E-state index contributed by atoms with van der Waals surface area (Å²) < 4.78 is 5.06. The number of aliphatic hydroxyl groups is 4. The molecule has 0 aromatic carbocycles. The molecule has 1 saturated heterocycles. The molecule has 1 rings (SSSR count). The summed E-state index contributed by atoms with van der Waals surface area (Å²) >= 11 is 3.83. The number of ether oxygens (including phenoxy) is 1. The molecular formula is C6H12O5S2. The predicted octanol–water partition coefficient (Wildman–Crippen LogP) is -1.64. The Hall–Kier alpha value is 0.500. The van der Waals surface area contributed by atoms with Crippen LogP contribution in [0, 0.1) is 0 Å². The van der Waals surface area contributed by atoms with E-state index < -0.39 is 36.5 Å². The molecule has 5 nitrogen and oxygen atoms in total. The maximum Gasteiger partial charge on any atom is 0.141 e. The average molecular weight is 228 g/mol. The van der Waals surface area contributed by atoms with Crippen molar-refractivity contribution >= 4 is 22.5 Å². The van der Waals surface area contributed by atoms with Gasteiger partial charge in [-0.2, -0.15) is 0 Å². The van der Waals surface area contributed by atoms with Crippen LogP contribution in [0.15, 0.2) is 0 Å². The highest BCUT2D eigenvalue weighted by Gasteiger charge is 2.43. The molecule has 7 heteroatoms. The molecule has 1 aliphatic heterocycles. The third kappa shape index (κ3) is 2.30. The van der Waals surface area contributed by atoms with Gasteiger partial charge < -0.3 is 25.2 Å². The fourth-order valence-electron chi connectivity index (χ4n) is 1.15. The predicted molar refractivity (Wildman–Crippen MR) is 50.3 cm³/mol. The molecule has 5 atom stereocenters. The summed E-state index contributed by atoms with van der Waals surface area (Å²) in [5.74, 6) is 0. The second-order valence-electron chi connectivity index (χ2n) is 2.80. The lowest BCUT2D eigenvalue weighted by atomic mass is 10.0. The van der Waals surface area contributed by atoms with E-state index in [0.29, 0.717) is 0 Å². The molecule has 4 N–H and O–H groups in total. The second kappa shape index (κ2) is 4.83. The Balaban J connectivity index is 2.66. The molecule has 0 aromatic heterocycles. The van der Waals surface area contributed by atoms with E-state index in [4.69, 9.17) is 9.84 Å². The molecule has 0 saturated carbocycles. The van der Waals surface area contributed by atoms with Crippen molar-refractivity contribution in [3.8, 4) is 0 Å². The molecule has 0 spiro atoms. The molecule has 0 aromatic rings. The first-order valence-corrected chi connectivity index (χ1v) is 5.65. The minimum absolute atomic E-state index is 0.407. The molecule has 0 radical (unpaired) electrons. The number of hydrogen-bond donors (Lipinski definition) is 5. The Morgan fingerprint density at radius 2 is 1.77 bits per heavy atom. The summed E-state index contributed by atoms with van der Waals surface area (Å²) in [5, 5.41) is 36.7. The van der Waals surface area contributed by atoms with Crippen molar-refractivity contribution in [2.24, 2.45) is 0 Å². The molecule has 1 fully saturated rings. The molecule has 78 valence electrons. The van der Waals surface area contributed by atoms with Gasteiger partial charge in [0.2, 0.25) is 0 Å². The van der Waals surface area contributed by atoms with Gasteiger partial charge in [0.1, 0.15) is 29.9 Å². The zero-order valence-corrected chi connectivity index (χ0v) is 8.36. The largest absolute Gasteiger partial charge is 0.394 e. The quantitative estimate of drug-likeness (QED) is 0.288. The lowest BCUT2D eigenvalue weighted by Gasteiger charge is -2.38. The van der Waals surface area contributed by atoms with E-state index in [1.54, 1.807) is 0 Å². The van der Waals surface area contributed by atoms with Crippen LogP contribution in [0.2, 0.25) is 0 Å². The van der Waals surface area contributed by atoms with Gasteiger partial charge in [-0.05, 0) is 0 Å². The van der Waals surface area contributed by atoms with Crippen LogP contribution in [-0.2, 0) is 4.74 Å². The Kier molecular flexibility index (Phi) is 4.30. The van der Waals surface area contributed by atoms with Crippen LogP contribution >= 0.6 is 22.5 Å². The minimum Gasteiger partial charge on any atom is -0.394 e. The van der Waals surface area contributed by atoms with Crippen molar-refractivity contribution in [2.45, 2.75) is 29.9 Å². The Bertz CT molecular complexity index is 149. The number of aliphatic hydroxyl groups excluding tert-OH is 4. The van der Waals surface area contributed by atoms with Gasteiger partial charge in [-0.15, -0.1) is 11.7 Å². The van der Waals surface area contributed by atoms with Crippen molar-refractivity contribution in [3.05, 3.63) is 0 Å². The lowest BCUT2D eigenvalue weighted by molar-refractivity contribution is -0.205. The maximum absolute atomic E-state index is 9.33. The van der Waals surface area contributed by atoms with Crippen LogP contribution in [0.25, 0.3) is 0 Å². The second-order valence-corrected chi connectivity index (χ2v) is 4.11. The van der Waals surface area contributed by atoms with Crippen LogP contribution < -0.4 is 0 Å². The van der Waals surface area contributed by atoms with Crippen molar-refractivity contribution in [3.63, 3.8) is 0 Å². The fourth-order valence-corrected chi connectivity index (χ4v) is 2.16. The molecule has 0 aliphatic carbocycles. The van der Waals surface area contributed by atoms with E-state index in [0.717, 1.165) is 10.8 Å². The van der Waals surface area contributed by atoms with E-state index in [2.05, 4.69) is 11.7 Å². The van der Waals surface area contributed by atoms with Crippen LogP contribution in [0.5, 0.6) is 0 Å². The topological polar surface area (TPSA) is 90.2 Å². The van der Waals surface area contributed by atoms with Gasteiger partial charge in [0.25, 0.3) is 0 Å². The molecule has 0 unspecified atom stereocenters. The van der Waals surface area contributed by atoms with Gasteiger partial charge in [-0.1, -0.05) is 10.8 Å². The summed E-state index contributed by atoms with van der Waals surface area (Å²) in [6.07, 6.45) is -4.64. The molecular weight excluding hydrogens is 216 g/mol. The van der Waals surface area contributed by atoms with Gasteiger partial charge in [0.15, 0.2) is 0 Å². The standard InChI is InChI=1S/C6H12O5S2/c7-1-2-3(8)4(9)5(10)6(11-2)13-12/h2-10,12H,1H2/t2-,3-,4+,5-,6+/m1/s1. The van der Waals surface area contributed by atoms with Crippen LogP contribution in [0.1, 0.15) is 0 Å². The Morgan fingerprint density at radius 1 is 1.15 bits per heavy atom. The van der Waals surface area contributed by atoms with E-state index in [1.165, 1.54) is 0 Å². The van der Waals surface area contributed by atoms with E-state index >= 15 is 0 Å². The SMILES string of the molecule is OC[C@H]1O[C@@H](SS)[C@H](O)[C@@H](O)[C@@H]1O. The number of rotatable bonds is 2. The average Bonchev–Trinajstić information content (AvgIpc) is 2.15. The van der Waals surface area contributed by atoms with Gasteiger partial charge in [-0.3, -0.25) is 0 Å². The molecule has 1 aliphatic rings. The zero-order valence-electron chi connectivity index (χ0n) is 6.65. The van der Waals surface area contributed by atoms with Crippen molar-refractivity contribution in [2.75, 3.05) is 6.61 Å². The first kappa shape index (κ1) is 11.6. The summed E-state index contributed by atoms with van der Waals surface area (Å²) in [6, 6.07) is 0. The van der Waals surface area contributed by atoms with Gasteiger partial charge in [0, 0.05) is 0 Å². The molecule has 0 bridgehead atoms. The fraction of sp³-hybridized carbons (Fsp3) is 1.00. The molecule has 0 amide bonds. The van der Waals surface area contributed by atoms with E-state index in [9.17, 15) is 15.3 Å². The van der Waals surface area contributed by atoms with Crippen molar-refractivity contribution in [1.82, 2.24) is 0 Å². The van der Waals surface area contributed by atoms with Crippen LogP contribution in [-0.4, -0.2) is 56.9 Å². The maximum atomic E-state index is 9.33. The number of hydrogen-bond acceptors (Lipinski definition) is 7. The number of thiol groups is 1. The highest BCUT2D eigenvalue weighted by molar-refractivity contribution is 8.68. The van der Waals surface area contributed by atoms with Crippen LogP contribution in [0.3, 0.4) is 0 Å². The highest BCUT2D eigenvalue weighted by Crippen LogP contribution is 2.29. The first-order chi connectivity index (χ1) is 6.11. The Morgan fingerprint density at radius 3 is 2.23 bits per heavy atom. The zero-order chi connectivity index (χ0) is 10.0. The molecule has 13 heavy (non-hydrogen) atoms. The van der Waals surface area contributed by atoms with Gasteiger partial charge >= 0.3 is 0 Å². The minimum atomic E-state index is -1.31. The summed E-state index contributed by atoms with van der Waals surface area (Å²) in [4.78, 5) is 0. The summed E-state index contributed by atoms with van der Waals surface area (Å²) in [5.41, 5.74) is -0.737. The normalized spacial score (nSPS) is 46.4. The first-order valence-electron chi connectivity index (χ1n) is 3.72. The summed E-state index contributed by atoms with van der Waals surface area (Å²) in [6.45, 7) is -0.407. The van der Waals surface area contributed by atoms with Crippen molar-refractivity contribution in [1.29, 1.82) is 0 Å². The summed E-state index contributed by atoms with van der Waals surface area (Å²) in [7, 11) is 0.919. The van der Waals surface area contributed by atoms with Crippen molar-refractivity contribution < 1.29 is 25.2 Å². The third-order valence-corrected chi connectivity index (χ3v) is 3.17.